The summed E-state index contributed by atoms with van der Waals surface area (Å²) in [5.41, 5.74) is 1.03. The van der Waals surface area contributed by atoms with E-state index in [1.165, 1.54) is 11.3 Å². The minimum atomic E-state index is -0.627. The molecule has 0 saturated carbocycles. The summed E-state index contributed by atoms with van der Waals surface area (Å²) in [6.07, 6.45) is 2.92. The van der Waals surface area contributed by atoms with Gasteiger partial charge in [0.05, 0.1) is 6.10 Å². The SMILES string of the molecule is CCCCc1nnc(NC(=O)NCC(O)Cc2ccccc2)s1. The number of benzene rings is 1. The maximum Gasteiger partial charge on any atom is 0.321 e. The van der Waals surface area contributed by atoms with Crippen LogP contribution in [0.4, 0.5) is 9.93 Å². The van der Waals surface area contributed by atoms with Crippen LogP contribution in [0.25, 0.3) is 0 Å². The molecule has 1 aromatic carbocycles. The topological polar surface area (TPSA) is 87.1 Å². The normalized spacial score (nSPS) is 11.9. The van der Waals surface area contributed by atoms with Gasteiger partial charge in [0.15, 0.2) is 0 Å². The Morgan fingerprint density at radius 1 is 1.30 bits per heavy atom. The van der Waals surface area contributed by atoms with E-state index in [4.69, 9.17) is 0 Å². The third-order valence-corrected chi connectivity index (χ3v) is 4.14. The van der Waals surface area contributed by atoms with Gasteiger partial charge in [-0.15, -0.1) is 10.2 Å². The minimum Gasteiger partial charge on any atom is -0.391 e. The second-order valence-corrected chi connectivity index (χ2v) is 6.35. The number of nitrogens with zero attached hydrogens (tertiary/aromatic N) is 2. The number of hydrogen-bond acceptors (Lipinski definition) is 5. The van der Waals surface area contributed by atoms with E-state index in [2.05, 4.69) is 27.8 Å². The Balaban J connectivity index is 1.71. The Labute approximate surface area is 140 Å². The molecule has 7 heteroatoms. The van der Waals surface area contributed by atoms with E-state index in [0.717, 1.165) is 29.8 Å². The van der Waals surface area contributed by atoms with Crippen LogP contribution in [0.3, 0.4) is 0 Å². The molecule has 3 N–H and O–H groups in total. The summed E-state index contributed by atoms with van der Waals surface area (Å²) in [6, 6.07) is 9.29. The molecule has 0 aliphatic heterocycles. The van der Waals surface area contributed by atoms with Crippen molar-refractivity contribution in [3.05, 3.63) is 40.9 Å². The van der Waals surface area contributed by atoms with E-state index in [1.807, 2.05) is 30.3 Å². The molecule has 0 fully saturated rings. The number of hydrogen-bond donors (Lipinski definition) is 3. The second-order valence-electron chi connectivity index (χ2n) is 5.28. The van der Waals surface area contributed by atoms with Gasteiger partial charge in [0, 0.05) is 19.4 Å². The van der Waals surface area contributed by atoms with Gasteiger partial charge in [0.1, 0.15) is 5.01 Å². The molecule has 0 radical (unpaired) electrons. The Hall–Kier alpha value is -1.99. The molecule has 2 amide bonds. The van der Waals surface area contributed by atoms with Gasteiger partial charge in [0.25, 0.3) is 0 Å². The first-order chi connectivity index (χ1) is 11.2. The largest absolute Gasteiger partial charge is 0.391 e. The lowest BCUT2D eigenvalue weighted by Crippen LogP contribution is -2.36. The van der Waals surface area contributed by atoms with E-state index in [-0.39, 0.29) is 12.6 Å². The zero-order chi connectivity index (χ0) is 16.5. The monoisotopic (exact) mass is 334 g/mol. The number of aliphatic hydroxyl groups excluding tert-OH is 1. The van der Waals surface area contributed by atoms with Crippen molar-refractivity contribution < 1.29 is 9.90 Å². The van der Waals surface area contributed by atoms with Crippen LogP contribution < -0.4 is 10.6 Å². The Morgan fingerprint density at radius 2 is 2.09 bits per heavy atom. The number of unbranched alkanes of at least 4 members (excludes halogenated alkanes) is 1. The van der Waals surface area contributed by atoms with Crippen molar-refractivity contribution in [1.29, 1.82) is 0 Å². The van der Waals surface area contributed by atoms with Crippen LogP contribution in [-0.4, -0.2) is 34.0 Å². The Morgan fingerprint density at radius 3 is 2.83 bits per heavy atom. The minimum absolute atomic E-state index is 0.183. The van der Waals surface area contributed by atoms with Gasteiger partial charge in [-0.2, -0.15) is 0 Å². The molecule has 0 bridgehead atoms. The number of aliphatic hydroxyl groups is 1. The van der Waals surface area contributed by atoms with Crippen LogP contribution in [0, 0.1) is 0 Å². The quantitative estimate of drug-likeness (QED) is 0.692. The fourth-order valence-corrected chi connectivity index (χ4v) is 2.82. The van der Waals surface area contributed by atoms with Gasteiger partial charge in [-0.05, 0) is 12.0 Å². The summed E-state index contributed by atoms with van der Waals surface area (Å²) in [4.78, 5) is 11.8. The zero-order valence-electron chi connectivity index (χ0n) is 13.2. The highest BCUT2D eigenvalue weighted by Crippen LogP contribution is 2.16. The van der Waals surface area contributed by atoms with Gasteiger partial charge < -0.3 is 10.4 Å². The number of nitrogens with one attached hydrogen (secondary N) is 2. The summed E-state index contributed by atoms with van der Waals surface area (Å²) in [5.74, 6) is 0. The van der Waals surface area contributed by atoms with E-state index in [9.17, 15) is 9.90 Å². The number of rotatable bonds is 8. The number of urea groups is 1. The van der Waals surface area contributed by atoms with E-state index in [1.54, 1.807) is 0 Å². The highest BCUT2D eigenvalue weighted by atomic mass is 32.1. The molecule has 1 heterocycles. The Kier molecular flexibility index (Phi) is 6.96. The molecule has 2 rings (SSSR count). The molecule has 124 valence electrons. The maximum absolute atomic E-state index is 11.8. The molecule has 2 aromatic rings. The fourth-order valence-electron chi connectivity index (χ4n) is 2.04. The average molecular weight is 334 g/mol. The zero-order valence-corrected chi connectivity index (χ0v) is 14.0. The lowest BCUT2D eigenvalue weighted by molar-refractivity contribution is 0.172. The van der Waals surface area contributed by atoms with Crippen molar-refractivity contribution in [1.82, 2.24) is 15.5 Å². The van der Waals surface area contributed by atoms with Gasteiger partial charge >= 0.3 is 6.03 Å². The highest BCUT2D eigenvalue weighted by Gasteiger charge is 2.10. The molecule has 0 spiro atoms. The smallest absolute Gasteiger partial charge is 0.321 e. The standard InChI is InChI=1S/C16H22N4O2S/c1-2-3-9-14-19-20-16(23-14)18-15(22)17-11-13(21)10-12-7-5-4-6-8-12/h4-8,13,21H,2-3,9-11H2,1H3,(H2,17,18,20,22). The molecule has 0 aliphatic rings. The summed E-state index contributed by atoms with van der Waals surface area (Å²) in [5, 5.41) is 24.6. The average Bonchev–Trinajstić information content (AvgIpc) is 2.99. The van der Waals surface area contributed by atoms with Crippen molar-refractivity contribution in [3.8, 4) is 0 Å². The third kappa shape index (κ3) is 6.33. The fraction of sp³-hybridized carbons (Fsp3) is 0.438. The van der Waals surface area contributed by atoms with Crippen LogP contribution in [0.5, 0.6) is 0 Å². The molecular formula is C16H22N4O2S. The van der Waals surface area contributed by atoms with Crippen LogP contribution >= 0.6 is 11.3 Å². The van der Waals surface area contributed by atoms with Crippen molar-refractivity contribution >= 4 is 22.5 Å². The number of amides is 2. The van der Waals surface area contributed by atoms with Crippen molar-refractivity contribution in [2.45, 2.75) is 38.7 Å². The molecule has 6 nitrogen and oxygen atoms in total. The van der Waals surface area contributed by atoms with Crippen LogP contribution in [0.2, 0.25) is 0 Å². The second kappa shape index (κ2) is 9.22. The summed E-state index contributed by atoms with van der Waals surface area (Å²) in [7, 11) is 0. The molecule has 0 aliphatic carbocycles. The van der Waals surface area contributed by atoms with Crippen molar-refractivity contribution in [2.75, 3.05) is 11.9 Å². The lowest BCUT2D eigenvalue weighted by atomic mass is 10.1. The number of aromatic nitrogens is 2. The predicted octanol–water partition coefficient (Wildman–Crippen LogP) is 2.61. The first kappa shape index (κ1) is 17.4. The predicted molar refractivity (Wildman–Crippen MR) is 91.7 cm³/mol. The number of carbonyl (C=O) groups is 1. The van der Waals surface area contributed by atoms with E-state index >= 15 is 0 Å². The number of anilines is 1. The summed E-state index contributed by atoms with van der Waals surface area (Å²) < 4.78 is 0. The van der Waals surface area contributed by atoms with Crippen LogP contribution in [0.15, 0.2) is 30.3 Å². The molecular weight excluding hydrogens is 312 g/mol. The maximum atomic E-state index is 11.8. The highest BCUT2D eigenvalue weighted by molar-refractivity contribution is 7.15. The first-order valence-electron chi connectivity index (χ1n) is 7.76. The first-order valence-corrected chi connectivity index (χ1v) is 8.58. The van der Waals surface area contributed by atoms with E-state index < -0.39 is 6.10 Å². The summed E-state index contributed by atoms with van der Waals surface area (Å²) >= 11 is 1.38. The van der Waals surface area contributed by atoms with Gasteiger partial charge in [-0.25, -0.2) is 4.79 Å². The van der Waals surface area contributed by atoms with Crippen molar-refractivity contribution in [2.24, 2.45) is 0 Å². The van der Waals surface area contributed by atoms with Gasteiger partial charge in [-0.3, -0.25) is 5.32 Å². The molecule has 1 aromatic heterocycles. The van der Waals surface area contributed by atoms with Crippen molar-refractivity contribution in [3.63, 3.8) is 0 Å². The Bertz CT molecular complexity index is 603. The molecule has 1 atom stereocenters. The third-order valence-electron chi connectivity index (χ3n) is 3.24. The van der Waals surface area contributed by atoms with Gasteiger partial charge in [0.2, 0.25) is 5.13 Å². The summed E-state index contributed by atoms with van der Waals surface area (Å²) in [6.45, 7) is 2.30. The molecule has 23 heavy (non-hydrogen) atoms. The molecule has 1 unspecified atom stereocenters. The molecule has 0 saturated heterocycles. The number of carbonyl (C=O) groups excluding carboxylic acids is 1. The lowest BCUT2D eigenvalue weighted by Gasteiger charge is -2.11. The number of aryl methyl sites for hydroxylation is 1. The van der Waals surface area contributed by atoms with Gasteiger partial charge in [-0.1, -0.05) is 55.0 Å². The van der Waals surface area contributed by atoms with E-state index in [0.29, 0.717) is 11.6 Å². The van der Waals surface area contributed by atoms with Crippen LogP contribution in [0.1, 0.15) is 30.3 Å². The van der Waals surface area contributed by atoms with Crippen LogP contribution in [-0.2, 0) is 12.8 Å².